The van der Waals surface area contributed by atoms with Crippen molar-refractivity contribution in [2.24, 2.45) is 0 Å². The first-order chi connectivity index (χ1) is 8.24. The highest BCUT2D eigenvalue weighted by atomic mass is 16.5. The van der Waals surface area contributed by atoms with Crippen molar-refractivity contribution >= 4 is 11.0 Å². The Hall–Kier alpha value is -1.97. The molecular formula is C13H14O4. The summed E-state index contributed by atoms with van der Waals surface area (Å²) in [5.41, 5.74) is 0.0554. The lowest BCUT2D eigenvalue weighted by Gasteiger charge is -2.07. The van der Waals surface area contributed by atoms with Gasteiger partial charge in [0.1, 0.15) is 17.1 Å². The molecular weight excluding hydrogens is 220 g/mol. The normalized spacial score (nSPS) is 10.5. The van der Waals surface area contributed by atoms with E-state index in [4.69, 9.17) is 13.9 Å². The molecule has 1 heterocycles. The smallest absolute Gasteiger partial charge is 0.339 e. The zero-order valence-electron chi connectivity index (χ0n) is 9.86. The number of ether oxygens (including phenoxy) is 2. The van der Waals surface area contributed by atoms with Crippen molar-refractivity contribution in [2.45, 2.75) is 13.3 Å². The van der Waals surface area contributed by atoms with Crippen molar-refractivity contribution in [3.8, 4) is 11.5 Å². The lowest BCUT2D eigenvalue weighted by Crippen LogP contribution is -2.02. The average molecular weight is 234 g/mol. The number of fused-ring (bicyclic) bond motifs is 1. The van der Waals surface area contributed by atoms with Crippen LogP contribution in [0.1, 0.15) is 13.3 Å². The molecule has 0 amide bonds. The lowest BCUT2D eigenvalue weighted by molar-refractivity contribution is 0.318. The molecule has 0 spiro atoms. The van der Waals surface area contributed by atoms with Crippen LogP contribution in [0.2, 0.25) is 0 Å². The van der Waals surface area contributed by atoms with Crippen molar-refractivity contribution in [3.05, 3.63) is 34.7 Å². The third-order valence-corrected chi connectivity index (χ3v) is 2.38. The standard InChI is InChI=1S/C13H14O4/c1-3-6-16-11-8-13(14)17-12-7-9(15-2)4-5-10(11)12/h4-5,7-8H,3,6H2,1-2H3. The molecule has 1 aromatic carbocycles. The molecule has 0 atom stereocenters. The maximum atomic E-state index is 11.4. The second-order valence-electron chi connectivity index (χ2n) is 3.64. The Morgan fingerprint density at radius 3 is 2.82 bits per heavy atom. The SMILES string of the molecule is CCCOc1cc(=O)oc2cc(OC)ccc12. The highest BCUT2D eigenvalue weighted by molar-refractivity contribution is 5.84. The van der Waals surface area contributed by atoms with E-state index in [1.807, 2.05) is 13.0 Å². The van der Waals surface area contributed by atoms with Gasteiger partial charge in [0.25, 0.3) is 0 Å². The fourth-order valence-corrected chi connectivity index (χ4v) is 1.57. The Labute approximate surface area is 98.8 Å². The van der Waals surface area contributed by atoms with Crippen molar-refractivity contribution in [1.29, 1.82) is 0 Å². The highest BCUT2D eigenvalue weighted by Crippen LogP contribution is 2.27. The molecule has 0 aliphatic rings. The van der Waals surface area contributed by atoms with Crippen LogP contribution in [0.3, 0.4) is 0 Å². The zero-order chi connectivity index (χ0) is 12.3. The summed E-state index contributed by atoms with van der Waals surface area (Å²) in [7, 11) is 1.57. The van der Waals surface area contributed by atoms with Crippen molar-refractivity contribution in [2.75, 3.05) is 13.7 Å². The number of benzene rings is 1. The first-order valence-electron chi connectivity index (χ1n) is 5.49. The largest absolute Gasteiger partial charge is 0.497 e. The zero-order valence-corrected chi connectivity index (χ0v) is 9.86. The molecule has 0 aliphatic carbocycles. The third-order valence-electron chi connectivity index (χ3n) is 2.38. The minimum atomic E-state index is -0.420. The molecule has 17 heavy (non-hydrogen) atoms. The number of hydrogen-bond acceptors (Lipinski definition) is 4. The fraction of sp³-hybridized carbons (Fsp3) is 0.308. The Kier molecular flexibility index (Phi) is 3.32. The average Bonchev–Trinajstić information content (AvgIpc) is 2.34. The van der Waals surface area contributed by atoms with Crippen LogP contribution in [0, 0.1) is 0 Å². The monoisotopic (exact) mass is 234 g/mol. The summed E-state index contributed by atoms with van der Waals surface area (Å²) in [6, 6.07) is 6.67. The Balaban J connectivity index is 2.55. The van der Waals surface area contributed by atoms with Gasteiger partial charge in [-0.1, -0.05) is 6.92 Å². The maximum Gasteiger partial charge on any atom is 0.339 e. The molecule has 90 valence electrons. The Morgan fingerprint density at radius 2 is 2.12 bits per heavy atom. The summed E-state index contributed by atoms with van der Waals surface area (Å²) >= 11 is 0. The van der Waals surface area contributed by atoms with E-state index >= 15 is 0 Å². The van der Waals surface area contributed by atoms with Crippen LogP contribution in [0.25, 0.3) is 11.0 Å². The molecule has 2 aromatic rings. The molecule has 1 aromatic heterocycles. The summed E-state index contributed by atoms with van der Waals surface area (Å²) in [5, 5.41) is 0.777. The van der Waals surface area contributed by atoms with Gasteiger partial charge in [-0.2, -0.15) is 0 Å². The van der Waals surface area contributed by atoms with E-state index in [0.29, 0.717) is 23.7 Å². The van der Waals surface area contributed by atoms with Gasteiger partial charge in [-0.25, -0.2) is 4.79 Å². The van der Waals surface area contributed by atoms with Crippen molar-refractivity contribution < 1.29 is 13.9 Å². The topological polar surface area (TPSA) is 48.7 Å². The van der Waals surface area contributed by atoms with Crippen LogP contribution in [0.4, 0.5) is 0 Å². The first-order valence-corrected chi connectivity index (χ1v) is 5.49. The van der Waals surface area contributed by atoms with Gasteiger partial charge in [0.05, 0.1) is 25.2 Å². The van der Waals surface area contributed by atoms with E-state index in [-0.39, 0.29) is 0 Å². The second kappa shape index (κ2) is 4.91. The summed E-state index contributed by atoms with van der Waals surface area (Å²) < 4.78 is 15.7. The third kappa shape index (κ3) is 2.41. The molecule has 0 fully saturated rings. The quantitative estimate of drug-likeness (QED) is 0.763. The minimum Gasteiger partial charge on any atom is -0.497 e. The highest BCUT2D eigenvalue weighted by Gasteiger charge is 2.07. The number of rotatable bonds is 4. The first kappa shape index (κ1) is 11.5. The number of methoxy groups -OCH3 is 1. The summed E-state index contributed by atoms with van der Waals surface area (Å²) in [4.78, 5) is 11.4. The van der Waals surface area contributed by atoms with E-state index in [1.54, 1.807) is 19.2 Å². The van der Waals surface area contributed by atoms with Gasteiger partial charge >= 0.3 is 5.63 Å². The van der Waals surface area contributed by atoms with Crippen LogP contribution in [0.5, 0.6) is 11.5 Å². The van der Waals surface area contributed by atoms with Gasteiger partial charge in [-0.3, -0.25) is 0 Å². The molecule has 0 saturated carbocycles. The number of hydrogen-bond donors (Lipinski definition) is 0. The van der Waals surface area contributed by atoms with Crippen molar-refractivity contribution in [1.82, 2.24) is 0 Å². The second-order valence-corrected chi connectivity index (χ2v) is 3.64. The van der Waals surface area contributed by atoms with Crippen LogP contribution >= 0.6 is 0 Å². The summed E-state index contributed by atoms with van der Waals surface area (Å²) in [6.07, 6.45) is 0.887. The molecule has 0 bridgehead atoms. The predicted molar refractivity (Wildman–Crippen MR) is 64.8 cm³/mol. The molecule has 4 heteroatoms. The maximum absolute atomic E-state index is 11.4. The Morgan fingerprint density at radius 1 is 1.29 bits per heavy atom. The van der Waals surface area contributed by atoms with E-state index in [1.165, 1.54) is 6.07 Å². The predicted octanol–water partition coefficient (Wildman–Crippen LogP) is 2.59. The van der Waals surface area contributed by atoms with E-state index in [0.717, 1.165) is 11.8 Å². The summed E-state index contributed by atoms with van der Waals surface area (Å²) in [6.45, 7) is 2.58. The fourth-order valence-electron chi connectivity index (χ4n) is 1.57. The van der Waals surface area contributed by atoms with Crippen LogP contribution in [0.15, 0.2) is 33.5 Å². The van der Waals surface area contributed by atoms with Crippen LogP contribution < -0.4 is 15.1 Å². The van der Waals surface area contributed by atoms with Crippen LogP contribution in [-0.4, -0.2) is 13.7 Å². The van der Waals surface area contributed by atoms with E-state index < -0.39 is 5.63 Å². The van der Waals surface area contributed by atoms with Gasteiger partial charge in [0, 0.05) is 6.07 Å². The Bertz CT molecular complexity index is 571. The molecule has 0 radical (unpaired) electrons. The summed E-state index contributed by atoms with van der Waals surface area (Å²) in [5.74, 6) is 1.20. The van der Waals surface area contributed by atoms with Gasteiger partial charge < -0.3 is 13.9 Å². The van der Waals surface area contributed by atoms with Crippen molar-refractivity contribution in [3.63, 3.8) is 0 Å². The van der Waals surface area contributed by atoms with Gasteiger partial charge in [-0.15, -0.1) is 0 Å². The van der Waals surface area contributed by atoms with Gasteiger partial charge in [-0.05, 0) is 18.6 Å². The molecule has 0 aliphatic heterocycles. The van der Waals surface area contributed by atoms with E-state index in [9.17, 15) is 4.79 Å². The van der Waals surface area contributed by atoms with Gasteiger partial charge in [0.2, 0.25) is 0 Å². The van der Waals surface area contributed by atoms with Crippen LogP contribution in [-0.2, 0) is 0 Å². The van der Waals surface area contributed by atoms with Gasteiger partial charge in [0.15, 0.2) is 0 Å². The molecule has 4 nitrogen and oxygen atoms in total. The molecule has 0 saturated heterocycles. The minimum absolute atomic E-state index is 0.420. The molecule has 0 unspecified atom stereocenters. The lowest BCUT2D eigenvalue weighted by atomic mass is 10.2. The molecule has 2 rings (SSSR count). The van der Waals surface area contributed by atoms with E-state index in [2.05, 4.69) is 0 Å². The molecule has 0 N–H and O–H groups in total.